The minimum atomic E-state index is 0. The van der Waals surface area contributed by atoms with Crippen LogP contribution in [0.2, 0.25) is 0 Å². The molecule has 0 amide bonds. The Balaban J connectivity index is 0. The molecule has 0 aromatic carbocycles. The van der Waals surface area contributed by atoms with Crippen molar-refractivity contribution < 1.29 is 38.1 Å². The van der Waals surface area contributed by atoms with Crippen LogP contribution in [0.4, 0.5) is 0 Å². The summed E-state index contributed by atoms with van der Waals surface area (Å²) < 4.78 is 0. The zero-order chi connectivity index (χ0) is 0. The van der Waals surface area contributed by atoms with E-state index in [9.17, 15) is 0 Å². The summed E-state index contributed by atoms with van der Waals surface area (Å²) >= 11 is 0. The van der Waals surface area contributed by atoms with E-state index in [-0.39, 0.29) is 85.1 Å². The fourth-order valence-corrected chi connectivity index (χ4v) is 0. The molecule has 0 aromatic heterocycles. The van der Waals surface area contributed by atoms with E-state index in [1.165, 1.54) is 0 Å². The SMILES string of the molecule is [Fe].[Mg].[Sn].[W]. The summed E-state index contributed by atoms with van der Waals surface area (Å²) in [6.07, 6.45) is 0. The van der Waals surface area contributed by atoms with Crippen LogP contribution in [0.3, 0.4) is 0 Å². The smallest absolute Gasteiger partial charge is 0 e. The van der Waals surface area contributed by atoms with Crippen molar-refractivity contribution in [2.45, 2.75) is 0 Å². The van der Waals surface area contributed by atoms with E-state index < -0.39 is 0 Å². The van der Waals surface area contributed by atoms with Gasteiger partial charge >= 0.3 is 0 Å². The van der Waals surface area contributed by atoms with Gasteiger partial charge in [0.15, 0.2) is 0 Å². The van der Waals surface area contributed by atoms with Crippen LogP contribution in [-0.2, 0) is 38.1 Å². The molecule has 0 nitrogen and oxygen atoms in total. The summed E-state index contributed by atoms with van der Waals surface area (Å²) in [5, 5.41) is 0. The topological polar surface area (TPSA) is 0 Å². The molecule has 0 fully saturated rings. The van der Waals surface area contributed by atoms with E-state index in [2.05, 4.69) is 0 Å². The largest absolute Gasteiger partial charge is 0 e. The minimum absolute atomic E-state index is 0. The predicted octanol–water partition coefficient (Wildman–Crippen LogP) is -0.767. The van der Waals surface area contributed by atoms with Crippen LogP contribution in [-0.4, -0.2) is 47.0 Å². The number of hydrogen-bond acceptors (Lipinski definition) is 0. The van der Waals surface area contributed by atoms with Crippen molar-refractivity contribution in [3.8, 4) is 0 Å². The van der Waals surface area contributed by atoms with Crippen LogP contribution in [0.1, 0.15) is 0 Å². The Hall–Kier alpha value is 2.77. The van der Waals surface area contributed by atoms with Gasteiger partial charge in [-0.05, 0) is 0 Å². The standard InChI is InChI=1S/Fe.Mg.Sn.W. The summed E-state index contributed by atoms with van der Waals surface area (Å²) in [6, 6.07) is 0. The Kier molecular flexibility index (Phi) is 126. The molecule has 0 atom stereocenters. The number of rotatable bonds is 0. The monoisotopic (exact) mass is 384 g/mol. The summed E-state index contributed by atoms with van der Waals surface area (Å²) in [5.74, 6) is 0. The van der Waals surface area contributed by atoms with Crippen molar-refractivity contribution in [3.63, 3.8) is 0 Å². The van der Waals surface area contributed by atoms with E-state index in [1.54, 1.807) is 0 Å². The van der Waals surface area contributed by atoms with Crippen LogP contribution in [0.15, 0.2) is 0 Å². The van der Waals surface area contributed by atoms with Gasteiger partial charge in [0.2, 0.25) is 0 Å². The van der Waals surface area contributed by atoms with E-state index >= 15 is 0 Å². The maximum atomic E-state index is 0. The first-order valence-corrected chi connectivity index (χ1v) is 0. The molecule has 0 N–H and O–H groups in total. The molecule has 0 unspecified atom stereocenters. The van der Waals surface area contributed by atoms with Crippen LogP contribution >= 0.6 is 0 Å². The Labute approximate surface area is 83.7 Å². The molecule has 0 aliphatic rings. The molecule has 0 aliphatic heterocycles. The average molecular weight is 383 g/mol. The van der Waals surface area contributed by atoms with E-state index in [0.717, 1.165) is 0 Å². The van der Waals surface area contributed by atoms with Gasteiger partial charge in [-0.25, -0.2) is 0 Å². The van der Waals surface area contributed by atoms with E-state index in [4.69, 9.17) is 0 Å². The molecular weight excluding hydrogens is 383 g/mol. The van der Waals surface area contributed by atoms with Crippen LogP contribution < -0.4 is 0 Å². The van der Waals surface area contributed by atoms with Gasteiger partial charge in [0.25, 0.3) is 0 Å². The number of hydrogen-bond donors (Lipinski definition) is 0. The van der Waals surface area contributed by atoms with Crippen molar-refractivity contribution in [2.75, 3.05) is 0 Å². The van der Waals surface area contributed by atoms with Crippen LogP contribution in [0.25, 0.3) is 0 Å². The molecule has 0 aromatic rings. The third-order valence-electron chi connectivity index (χ3n) is 0. The molecule has 0 heterocycles. The second kappa shape index (κ2) is 17.1. The van der Waals surface area contributed by atoms with Gasteiger partial charge in [-0.2, -0.15) is 0 Å². The van der Waals surface area contributed by atoms with Crippen LogP contribution in [0.5, 0.6) is 0 Å². The quantitative estimate of drug-likeness (QED) is 0.483. The van der Waals surface area contributed by atoms with Crippen molar-refractivity contribution >= 4 is 47.0 Å². The average Bonchev–Trinajstić information content (AvgIpc) is 0. The second-order valence-electron chi connectivity index (χ2n) is 0. The molecule has 0 aliphatic carbocycles. The molecule has 0 spiro atoms. The Morgan fingerprint density at radius 3 is 1.00 bits per heavy atom. The van der Waals surface area contributed by atoms with Gasteiger partial charge in [-0.15, -0.1) is 0 Å². The molecule has 4 heteroatoms. The predicted molar refractivity (Wildman–Crippen MR) is 11.5 cm³/mol. The summed E-state index contributed by atoms with van der Waals surface area (Å²) in [7, 11) is 0. The molecule has 6 radical (unpaired) electrons. The van der Waals surface area contributed by atoms with E-state index in [0.29, 0.717) is 0 Å². The van der Waals surface area contributed by atoms with Gasteiger partial charge in [0, 0.05) is 85.1 Å². The van der Waals surface area contributed by atoms with Gasteiger partial charge in [-0.1, -0.05) is 0 Å². The van der Waals surface area contributed by atoms with Gasteiger partial charge in [0.05, 0.1) is 0 Å². The first kappa shape index (κ1) is 29.4. The molecule has 4 heavy (non-hydrogen) atoms. The fourth-order valence-electron chi connectivity index (χ4n) is 0. The Morgan fingerprint density at radius 2 is 1.00 bits per heavy atom. The van der Waals surface area contributed by atoms with E-state index in [1.807, 2.05) is 0 Å². The van der Waals surface area contributed by atoms with Crippen molar-refractivity contribution in [1.82, 2.24) is 0 Å². The zero-order valence-electron chi connectivity index (χ0n) is 1.97. The second-order valence-corrected chi connectivity index (χ2v) is 0. The maximum Gasteiger partial charge on any atom is 0 e. The summed E-state index contributed by atoms with van der Waals surface area (Å²) in [4.78, 5) is 0. The molecule has 0 saturated heterocycles. The fraction of sp³-hybridized carbons (Fsp3) is 0. The van der Waals surface area contributed by atoms with Crippen LogP contribution in [0, 0.1) is 0 Å². The first-order chi connectivity index (χ1) is 0. The molecule has 0 bridgehead atoms. The van der Waals surface area contributed by atoms with Crippen molar-refractivity contribution in [3.05, 3.63) is 0 Å². The third kappa shape index (κ3) is 8.84. The molecule has 0 rings (SSSR count). The maximum absolute atomic E-state index is 0. The Bertz CT molecular complexity index is 8.00. The van der Waals surface area contributed by atoms with Gasteiger partial charge in [0.1, 0.15) is 0 Å². The molecule has 20 valence electrons. The normalized spacial score (nSPS) is 0. The Morgan fingerprint density at radius 1 is 1.00 bits per heavy atom. The summed E-state index contributed by atoms with van der Waals surface area (Å²) in [6.45, 7) is 0. The molecular formula is FeMgSnW. The van der Waals surface area contributed by atoms with Crippen molar-refractivity contribution in [1.29, 1.82) is 0 Å². The van der Waals surface area contributed by atoms with Crippen molar-refractivity contribution in [2.24, 2.45) is 0 Å². The summed E-state index contributed by atoms with van der Waals surface area (Å²) in [5.41, 5.74) is 0. The zero-order valence-corrected chi connectivity index (χ0v) is 10.3. The third-order valence-corrected chi connectivity index (χ3v) is 0. The minimum Gasteiger partial charge on any atom is 0 e. The molecule has 0 saturated carbocycles. The van der Waals surface area contributed by atoms with Gasteiger partial charge in [-0.3, -0.25) is 0 Å². The van der Waals surface area contributed by atoms with Gasteiger partial charge < -0.3 is 0 Å². The first-order valence-electron chi connectivity index (χ1n) is 0.